The number of aromatic nitrogens is 1. The number of rotatable bonds is 6. The lowest BCUT2D eigenvalue weighted by Crippen LogP contribution is -2.28. The Morgan fingerprint density at radius 1 is 1.40 bits per heavy atom. The second kappa shape index (κ2) is 8.21. The molecule has 2 aromatic rings. The van der Waals surface area contributed by atoms with Crippen LogP contribution in [0.4, 0.5) is 4.39 Å². The molecule has 25 heavy (non-hydrogen) atoms. The Balaban J connectivity index is 1.63. The molecule has 1 aromatic carbocycles. The van der Waals surface area contributed by atoms with Crippen LogP contribution in [0.25, 0.3) is 11.1 Å². The summed E-state index contributed by atoms with van der Waals surface area (Å²) in [5, 5.41) is 0. The van der Waals surface area contributed by atoms with E-state index in [1.165, 1.54) is 6.20 Å². The maximum absolute atomic E-state index is 13.9. The third-order valence-electron chi connectivity index (χ3n) is 4.58. The van der Waals surface area contributed by atoms with Gasteiger partial charge in [-0.05, 0) is 49.4 Å². The molecule has 1 amide bonds. The molecule has 0 radical (unpaired) electrons. The van der Waals surface area contributed by atoms with Crippen molar-refractivity contribution in [2.45, 2.75) is 31.8 Å². The van der Waals surface area contributed by atoms with Crippen molar-refractivity contribution < 1.29 is 13.9 Å². The van der Waals surface area contributed by atoms with Gasteiger partial charge in [0.2, 0.25) is 0 Å². The van der Waals surface area contributed by atoms with Gasteiger partial charge in [-0.2, -0.15) is 0 Å². The zero-order valence-electron chi connectivity index (χ0n) is 14.5. The lowest BCUT2D eigenvalue weighted by molar-refractivity contribution is 0.0763. The van der Waals surface area contributed by atoms with Gasteiger partial charge in [-0.1, -0.05) is 12.1 Å². The molecule has 0 saturated carbocycles. The number of ether oxygens (including phenoxy) is 1. The highest BCUT2D eigenvalue weighted by molar-refractivity contribution is 5.95. The minimum Gasteiger partial charge on any atom is -0.378 e. The molecular weight excluding hydrogens is 319 g/mol. The highest BCUT2D eigenvalue weighted by Gasteiger charge is 2.17. The van der Waals surface area contributed by atoms with E-state index in [0.717, 1.165) is 32.3 Å². The van der Waals surface area contributed by atoms with E-state index in [0.29, 0.717) is 29.3 Å². The summed E-state index contributed by atoms with van der Waals surface area (Å²) in [6.07, 6.45) is 7.24. The summed E-state index contributed by atoms with van der Waals surface area (Å²) in [6.45, 7) is 1.55. The standard InChI is InChI=1S/C20H23FN2O2/c1-23(11-3-7-17-8-4-12-25-17)20(24)16-6-2-5-15(13-16)18-9-10-22-14-19(18)21/h2,5-6,9-10,13-14,17H,3-4,7-8,11-12H2,1H3. The molecule has 132 valence electrons. The second-order valence-corrected chi connectivity index (χ2v) is 6.44. The SMILES string of the molecule is CN(CCCC1CCCO1)C(=O)c1cccc(-c2ccncc2F)c1. The van der Waals surface area contributed by atoms with Crippen molar-refractivity contribution in [2.24, 2.45) is 0 Å². The van der Waals surface area contributed by atoms with E-state index in [2.05, 4.69) is 4.98 Å². The molecule has 1 fully saturated rings. The predicted molar refractivity (Wildman–Crippen MR) is 94.8 cm³/mol. The zero-order valence-corrected chi connectivity index (χ0v) is 14.5. The van der Waals surface area contributed by atoms with Crippen molar-refractivity contribution in [3.63, 3.8) is 0 Å². The first-order valence-electron chi connectivity index (χ1n) is 8.72. The fraction of sp³-hybridized carbons (Fsp3) is 0.400. The van der Waals surface area contributed by atoms with Gasteiger partial charge in [0.1, 0.15) is 5.82 Å². The molecule has 0 spiro atoms. The Kier molecular flexibility index (Phi) is 5.76. The molecule has 0 aliphatic carbocycles. The van der Waals surface area contributed by atoms with Gasteiger partial charge in [0.05, 0.1) is 12.3 Å². The van der Waals surface area contributed by atoms with E-state index >= 15 is 0 Å². The fourth-order valence-corrected chi connectivity index (χ4v) is 3.18. The molecule has 1 unspecified atom stereocenters. The fourth-order valence-electron chi connectivity index (χ4n) is 3.18. The monoisotopic (exact) mass is 342 g/mol. The van der Waals surface area contributed by atoms with Gasteiger partial charge in [0, 0.05) is 37.5 Å². The van der Waals surface area contributed by atoms with Crippen molar-refractivity contribution in [1.82, 2.24) is 9.88 Å². The average Bonchev–Trinajstić information content (AvgIpc) is 3.15. The normalized spacial score (nSPS) is 16.8. The minimum atomic E-state index is -0.392. The maximum atomic E-state index is 13.9. The van der Waals surface area contributed by atoms with Gasteiger partial charge in [0.25, 0.3) is 5.91 Å². The summed E-state index contributed by atoms with van der Waals surface area (Å²) in [5.74, 6) is -0.444. The Morgan fingerprint density at radius 2 is 2.28 bits per heavy atom. The molecular formula is C20H23FN2O2. The van der Waals surface area contributed by atoms with Crippen molar-refractivity contribution in [1.29, 1.82) is 0 Å². The number of pyridine rings is 1. The topological polar surface area (TPSA) is 42.4 Å². The van der Waals surface area contributed by atoms with Crippen LogP contribution in [0.1, 0.15) is 36.0 Å². The summed E-state index contributed by atoms with van der Waals surface area (Å²) < 4.78 is 19.5. The molecule has 1 aliphatic rings. The third kappa shape index (κ3) is 4.42. The van der Waals surface area contributed by atoms with E-state index < -0.39 is 5.82 Å². The van der Waals surface area contributed by atoms with Crippen LogP contribution in [-0.4, -0.2) is 42.1 Å². The van der Waals surface area contributed by atoms with Crippen molar-refractivity contribution >= 4 is 5.91 Å². The number of hydrogen-bond donors (Lipinski definition) is 0. The quantitative estimate of drug-likeness (QED) is 0.799. The summed E-state index contributed by atoms with van der Waals surface area (Å²) in [4.78, 5) is 18.1. The Hall–Kier alpha value is -2.27. The van der Waals surface area contributed by atoms with E-state index in [4.69, 9.17) is 4.74 Å². The Bertz CT molecular complexity index is 729. The van der Waals surface area contributed by atoms with Crippen LogP contribution in [0.15, 0.2) is 42.7 Å². The van der Waals surface area contributed by atoms with Gasteiger partial charge in [0.15, 0.2) is 0 Å². The highest BCUT2D eigenvalue weighted by atomic mass is 19.1. The summed E-state index contributed by atoms with van der Waals surface area (Å²) in [5.41, 5.74) is 1.69. The van der Waals surface area contributed by atoms with E-state index in [1.807, 2.05) is 0 Å². The molecule has 0 N–H and O–H groups in total. The minimum absolute atomic E-state index is 0.0522. The molecule has 0 bridgehead atoms. The van der Waals surface area contributed by atoms with E-state index in [9.17, 15) is 9.18 Å². The summed E-state index contributed by atoms with van der Waals surface area (Å²) >= 11 is 0. The van der Waals surface area contributed by atoms with Crippen LogP contribution in [0.5, 0.6) is 0 Å². The van der Waals surface area contributed by atoms with Crippen molar-refractivity contribution in [3.05, 3.63) is 54.1 Å². The predicted octanol–water partition coefficient (Wildman–Crippen LogP) is 3.92. The Morgan fingerprint density at radius 3 is 3.04 bits per heavy atom. The first-order chi connectivity index (χ1) is 12.1. The van der Waals surface area contributed by atoms with E-state index in [1.54, 1.807) is 48.5 Å². The van der Waals surface area contributed by atoms with Crippen LogP contribution < -0.4 is 0 Å². The van der Waals surface area contributed by atoms with Gasteiger partial charge < -0.3 is 9.64 Å². The molecule has 1 atom stereocenters. The second-order valence-electron chi connectivity index (χ2n) is 6.44. The number of amides is 1. The van der Waals surface area contributed by atoms with Crippen LogP contribution in [0, 0.1) is 5.82 Å². The average molecular weight is 342 g/mol. The number of nitrogens with zero attached hydrogens (tertiary/aromatic N) is 2. The molecule has 1 aromatic heterocycles. The first kappa shape index (κ1) is 17.5. The van der Waals surface area contributed by atoms with Crippen LogP contribution in [-0.2, 0) is 4.74 Å². The number of hydrogen-bond acceptors (Lipinski definition) is 3. The van der Waals surface area contributed by atoms with Crippen molar-refractivity contribution in [3.8, 4) is 11.1 Å². The molecule has 3 rings (SSSR count). The number of benzene rings is 1. The smallest absolute Gasteiger partial charge is 0.253 e. The van der Waals surface area contributed by atoms with Gasteiger partial charge >= 0.3 is 0 Å². The molecule has 1 aliphatic heterocycles. The van der Waals surface area contributed by atoms with Crippen LogP contribution in [0.2, 0.25) is 0 Å². The first-order valence-corrected chi connectivity index (χ1v) is 8.72. The summed E-state index contributed by atoms with van der Waals surface area (Å²) in [7, 11) is 1.80. The number of carbonyl (C=O) groups is 1. The number of halogens is 1. The largest absolute Gasteiger partial charge is 0.378 e. The molecule has 5 heteroatoms. The van der Waals surface area contributed by atoms with Gasteiger partial charge in [-0.3, -0.25) is 9.78 Å². The highest BCUT2D eigenvalue weighted by Crippen LogP contribution is 2.23. The van der Waals surface area contributed by atoms with E-state index in [-0.39, 0.29) is 5.91 Å². The maximum Gasteiger partial charge on any atom is 0.253 e. The van der Waals surface area contributed by atoms with Gasteiger partial charge in [-0.15, -0.1) is 0 Å². The van der Waals surface area contributed by atoms with Gasteiger partial charge in [-0.25, -0.2) is 4.39 Å². The van der Waals surface area contributed by atoms with Crippen molar-refractivity contribution in [2.75, 3.05) is 20.2 Å². The molecule has 1 saturated heterocycles. The van der Waals surface area contributed by atoms with Crippen LogP contribution in [0.3, 0.4) is 0 Å². The lowest BCUT2D eigenvalue weighted by Gasteiger charge is -2.18. The lowest BCUT2D eigenvalue weighted by atomic mass is 10.0. The zero-order chi connectivity index (χ0) is 17.6. The van der Waals surface area contributed by atoms with Crippen LogP contribution >= 0.6 is 0 Å². The molecule has 2 heterocycles. The Labute approximate surface area is 147 Å². The summed E-state index contributed by atoms with van der Waals surface area (Å²) in [6, 6.07) is 8.69. The number of carbonyl (C=O) groups excluding carboxylic acids is 1. The third-order valence-corrected chi connectivity index (χ3v) is 4.58. The molecule has 4 nitrogen and oxygen atoms in total.